The summed E-state index contributed by atoms with van der Waals surface area (Å²) in [5.41, 5.74) is 1.90. The van der Waals surface area contributed by atoms with E-state index < -0.39 is 10.0 Å². The van der Waals surface area contributed by atoms with E-state index in [-0.39, 0.29) is 11.7 Å². The van der Waals surface area contributed by atoms with Gasteiger partial charge in [0.05, 0.1) is 25.7 Å². The van der Waals surface area contributed by atoms with E-state index in [9.17, 15) is 13.2 Å². The zero-order valence-corrected chi connectivity index (χ0v) is 17.5. The highest BCUT2D eigenvalue weighted by Crippen LogP contribution is 2.25. The van der Waals surface area contributed by atoms with Gasteiger partial charge in [0.15, 0.2) is 0 Å². The molecule has 7 nitrogen and oxygen atoms in total. The van der Waals surface area contributed by atoms with Crippen molar-refractivity contribution in [1.82, 2.24) is 5.32 Å². The normalized spacial score (nSPS) is 15.6. The fourth-order valence-corrected chi connectivity index (χ4v) is 5.00. The Hall–Kier alpha value is -2.74. The molecule has 1 fully saturated rings. The number of methoxy groups -OCH3 is 2. The summed E-state index contributed by atoms with van der Waals surface area (Å²) in [6.45, 7) is 0.859. The van der Waals surface area contributed by atoms with E-state index in [0.29, 0.717) is 37.2 Å². The van der Waals surface area contributed by atoms with Crippen molar-refractivity contribution in [3.05, 3.63) is 53.6 Å². The first kappa shape index (κ1) is 21.0. The fraction of sp³-hybridized carbons (Fsp3) is 0.381. The second-order valence-corrected chi connectivity index (χ2v) is 8.84. The van der Waals surface area contributed by atoms with Gasteiger partial charge in [-0.2, -0.15) is 0 Å². The molecule has 2 aromatic rings. The number of amides is 1. The number of sulfonamides is 1. The summed E-state index contributed by atoms with van der Waals surface area (Å²) in [6, 6.07) is 12.3. The minimum absolute atomic E-state index is 0.145. The van der Waals surface area contributed by atoms with Crippen LogP contribution in [0.2, 0.25) is 0 Å². The van der Waals surface area contributed by atoms with Crippen LogP contribution in [0.25, 0.3) is 0 Å². The van der Waals surface area contributed by atoms with Crippen molar-refractivity contribution in [2.75, 3.05) is 37.4 Å². The van der Waals surface area contributed by atoms with Gasteiger partial charge in [-0.3, -0.25) is 9.10 Å². The predicted octanol–water partition coefficient (Wildman–Crippen LogP) is 2.61. The van der Waals surface area contributed by atoms with Crippen LogP contribution < -0.4 is 19.1 Å². The summed E-state index contributed by atoms with van der Waals surface area (Å²) >= 11 is 0. The highest BCUT2D eigenvalue weighted by molar-refractivity contribution is 7.92. The van der Waals surface area contributed by atoms with Crippen LogP contribution in [0, 0.1) is 0 Å². The van der Waals surface area contributed by atoms with E-state index in [1.54, 1.807) is 38.5 Å². The summed E-state index contributed by atoms with van der Waals surface area (Å²) in [6.07, 6.45) is 2.07. The quantitative estimate of drug-likeness (QED) is 0.747. The van der Waals surface area contributed by atoms with Crippen LogP contribution in [-0.4, -0.2) is 47.4 Å². The number of carbonyl (C=O) groups is 1. The molecule has 0 aromatic heterocycles. The SMILES string of the molecule is COc1ccc(OC)c(CCNC(=O)c2cccc(N3CCCCS3(=O)=O)c2)c1. The Morgan fingerprint density at radius 2 is 1.93 bits per heavy atom. The lowest BCUT2D eigenvalue weighted by molar-refractivity contribution is 0.0954. The van der Waals surface area contributed by atoms with Crippen LogP contribution in [0.3, 0.4) is 0 Å². The zero-order chi connectivity index (χ0) is 20.9. The monoisotopic (exact) mass is 418 g/mol. The molecule has 0 spiro atoms. The number of carbonyl (C=O) groups excluding carboxylic acids is 1. The molecule has 1 aliphatic rings. The molecule has 8 heteroatoms. The molecule has 1 heterocycles. The molecule has 0 unspecified atom stereocenters. The van der Waals surface area contributed by atoms with Crippen molar-refractivity contribution >= 4 is 21.6 Å². The maximum Gasteiger partial charge on any atom is 0.251 e. The molecule has 0 aliphatic carbocycles. The third kappa shape index (κ3) is 5.00. The van der Waals surface area contributed by atoms with Gasteiger partial charge in [0.2, 0.25) is 10.0 Å². The number of anilines is 1. The summed E-state index contributed by atoms with van der Waals surface area (Å²) in [7, 11) is -0.109. The van der Waals surface area contributed by atoms with Crippen molar-refractivity contribution in [3.8, 4) is 11.5 Å². The van der Waals surface area contributed by atoms with Gasteiger partial charge in [-0.1, -0.05) is 6.07 Å². The molecule has 0 bridgehead atoms. The minimum Gasteiger partial charge on any atom is -0.497 e. The number of nitrogens with zero attached hydrogens (tertiary/aromatic N) is 1. The van der Waals surface area contributed by atoms with Crippen molar-refractivity contribution in [1.29, 1.82) is 0 Å². The van der Waals surface area contributed by atoms with Crippen molar-refractivity contribution in [3.63, 3.8) is 0 Å². The number of benzene rings is 2. The topological polar surface area (TPSA) is 84.9 Å². The molecule has 1 aliphatic heterocycles. The number of hydrogen-bond donors (Lipinski definition) is 1. The second kappa shape index (κ2) is 9.17. The van der Waals surface area contributed by atoms with E-state index >= 15 is 0 Å². The second-order valence-electron chi connectivity index (χ2n) is 6.83. The standard InChI is InChI=1S/C21H26N2O5S/c1-27-19-8-9-20(28-2)16(15-19)10-11-22-21(24)17-6-5-7-18(14-17)23-12-3-4-13-29(23,25)26/h5-9,14-15H,3-4,10-13H2,1-2H3,(H,22,24). The molecule has 1 amide bonds. The molecule has 3 rings (SSSR count). The predicted molar refractivity (Wildman–Crippen MR) is 112 cm³/mol. The number of nitrogens with one attached hydrogen (secondary N) is 1. The van der Waals surface area contributed by atoms with E-state index in [2.05, 4.69) is 5.32 Å². The van der Waals surface area contributed by atoms with E-state index in [0.717, 1.165) is 23.5 Å². The van der Waals surface area contributed by atoms with Crippen LogP contribution in [0.1, 0.15) is 28.8 Å². The summed E-state index contributed by atoms with van der Waals surface area (Å²) < 4.78 is 36.6. The van der Waals surface area contributed by atoms with Crippen LogP contribution in [-0.2, 0) is 16.4 Å². The Balaban J connectivity index is 1.66. The third-order valence-corrected chi connectivity index (χ3v) is 6.78. The first-order valence-corrected chi connectivity index (χ1v) is 11.1. The van der Waals surface area contributed by atoms with Gasteiger partial charge in [0.25, 0.3) is 5.91 Å². The van der Waals surface area contributed by atoms with Crippen LogP contribution in [0.4, 0.5) is 5.69 Å². The van der Waals surface area contributed by atoms with Crippen LogP contribution in [0.15, 0.2) is 42.5 Å². The molecule has 2 aromatic carbocycles. The first-order chi connectivity index (χ1) is 13.9. The van der Waals surface area contributed by atoms with Gasteiger partial charge in [-0.05, 0) is 61.2 Å². The Kier molecular flexibility index (Phi) is 6.64. The van der Waals surface area contributed by atoms with Gasteiger partial charge in [-0.25, -0.2) is 8.42 Å². The molecule has 29 heavy (non-hydrogen) atoms. The van der Waals surface area contributed by atoms with Crippen molar-refractivity contribution in [2.45, 2.75) is 19.3 Å². The lowest BCUT2D eigenvalue weighted by Crippen LogP contribution is -2.38. The first-order valence-electron chi connectivity index (χ1n) is 9.54. The Bertz CT molecular complexity index is 975. The van der Waals surface area contributed by atoms with Gasteiger partial charge in [-0.15, -0.1) is 0 Å². The summed E-state index contributed by atoms with van der Waals surface area (Å²) in [5.74, 6) is 1.36. The lowest BCUT2D eigenvalue weighted by Gasteiger charge is -2.28. The maximum atomic E-state index is 12.6. The maximum absolute atomic E-state index is 12.6. The summed E-state index contributed by atoms with van der Waals surface area (Å²) in [5, 5.41) is 2.88. The van der Waals surface area contributed by atoms with Gasteiger partial charge < -0.3 is 14.8 Å². The highest BCUT2D eigenvalue weighted by Gasteiger charge is 2.26. The number of hydrogen-bond acceptors (Lipinski definition) is 5. The Morgan fingerprint density at radius 1 is 1.10 bits per heavy atom. The van der Waals surface area contributed by atoms with Gasteiger partial charge in [0, 0.05) is 18.7 Å². The van der Waals surface area contributed by atoms with Crippen LogP contribution in [0.5, 0.6) is 11.5 Å². The largest absolute Gasteiger partial charge is 0.497 e. The molecule has 156 valence electrons. The average Bonchev–Trinajstić information content (AvgIpc) is 2.73. The van der Waals surface area contributed by atoms with Crippen molar-refractivity contribution < 1.29 is 22.7 Å². The highest BCUT2D eigenvalue weighted by atomic mass is 32.2. The molecule has 1 N–H and O–H groups in total. The Labute approximate surface area is 171 Å². The van der Waals surface area contributed by atoms with Gasteiger partial charge in [0.1, 0.15) is 11.5 Å². The molecular formula is C21H26N2O5S. The molecule has 0 atom stereocenters. The lowest BCUT2D eigenvalue weighted by atomic mass is 10.1. The molecular weight excluding hydrogens is 392 g/mol. The van der Waals surface area contributed by atoms with E-state index in [1.807, 2.05) is 18.2 Å². The average molecular weight is 419 g/mol. The van der Waals surface area contributed by atoms with Crippen molar-refractivity contribution in [2.24, 2.45) is 0 Å². The Morgan fingerprint density at radius 3 is 2.66 bits per heavy atom. The summed E-state index contributed by atoms with van der Waals surface area (Å²) in [4.78, 5) is 12.6. The minimum atomic E-state index is -3.31. The molecule has 0 radical (unpaired) electrons. The fourth-order valence-electron chi connectivity index (χ4n) is 3.37. The van der Waals surface area contributed by atoms with Crippen LogP contribution >= 0.6 is 0 Å². The number of ether oxygens (including phenoxy) is 2. The van der Waals surface area contributed by atoms with E-state index in [1.165, 1.54) is 4.31 Å². The molecule has 1 saturated heterocycles. The van der Waals surface area contributed by atoms with E-state index in [4.69, 9.17) is 9.47 Å². The zero-order valence-electron chi connectivity index (χ0n) is 16.7. The van der Waals surface area contributed by atoms with Gasteiger partial charge >= 0.3 is 0 Å². The smallest absolute Gasteiger partial charge is 0.251 e. The number of rotatable bonds is 7. The molecule has 0 saturated carbocycles. The third-order valence-electron chi connectivity index (χ3n) is 4.91.